The van der Waals surface area contributed by atoms with Crippen LogP contribution < -0.4 is 5.32 Å². The zero-order valence-corrected chi connectivity index (χ0v) is 12.8. The van der Waals surface area contributed by atoms with Gasteiger partial charge in [-0.05, 0) is 33.0 Å². The molecule has 0 spiro atoms. The van der Waals surface area contributed by atoms with Crippen LogP contribution in [0.2, 0.25) is 12.6 Å². The fourth-order valence-electron chi connectivity index (χ4n) is 3.13. The summed E-state index contributed by atoms with van der Waals surface area (Å²) >= 11 is 0. The first-order valence-electron chi connectivity index (χ1n) is 7.70. The van der Waals surface area contributed by atoms with Gasteiger partial charge in [0.25, 0.3) is 0 Å². The first-order valence-corrected chi connectivity index (χ1v) is 7.70. The van der Waals surface area contributed by atoms with E-state index in [0.717, 1.165) is 12.0 Å². The number of rotatable bonds is 3. The minimum atomic E-state index is 0.825. The molecular formula is C14H31BN3. The Hall–Kier alpha value is -0.0551. The van der Waals surface area contributed by atoms with Crippen molar-refractivity contribution in [1.29, 1.82) is 0 Å². The highest BCUT2D eigenvalue weighted by atomic mass is 15.3. The summed E-state index contributed by atoms with van der Waals surface area (Å²) in [4.78, 5) is 5.17. The molecule has 105 valence electrons. The summed E-state index contributed by atoms with van der Waals surface area (Å²) in [5.74, 6) is 0.835. The molecule has 0 amide bonds. The topological polar surface area (TPSA) is 18.5 Å². The van der Waals surface area contributed by atoms with Gasteiger partial charge in [-0.15, -0.1) is 0 Å². The molecule has 0 aromatic rings. The molecule has 3 nitrogen and oxygen atoms in total. The van der Waals surface area contributed by atoms with E-state index < -0.39 is 0 Å². The molecule has 2 rings (SSSR count). The summed E-state index contributed by atoms with van der Waals surface area (Å²) in [7, 11) is 6.79. The fraction of sp³-hybridized carbons (Fsp3) is 1.00. The van der Waals surface area contributed by atoms with Crippen molar-refractivity contribution < 1.29 is 0 Å². The van der Waals surface area contributed by atoms with Crippen molar-refractivity contribution >= 4 is 7.28 Å². The molecule has 0 saturated carbocycles. The van der Waals surface area contributed by atoms with Crippen LogP contribution in [0.4, 0.5) is 0 Å². The molecule has 2 atom stereocenters. The summed E-state index contributed by atoms with van der Waals surface area (Å²) in [6.07, 6.45) is 3.99. The van der Waals surface area contributed by atoms with Gasteiger partial charge in [-0.3, -0.25) is 4.90 Å². The second kappa shape index (κ2) is 8.95. The lowest BCUT2D eigenvalue weighted by Gasteiger charge is -2.43. The molecule has 0 aromatic carbocycles. The van der Waals surface area contributed by atoms with Crippen LogP contribution in [0.25, 0.3) is 0 Å². The van der Waals surface area contributed by atoms with E-state index in [0.29, 0.717) is 0 Å². The molecular weight excluding hydrogens is 221 g/mol. The van der Waals surface area contributed by atoms with Crippen molar-refractivity contribution in [3.8, 4) is 0 Å². The summed E-state index contributed by atoms with van der Waals surface area (Å²) in [5.41, 5.74) is 0. The van der Waals surface area contributed by atoms with Crippen molar-refractivity contribution in [3.63, 3.8) is 0 Å². The Kier molecular flexibility index (Phi) is 7.95. The van der Waals surface area contributed by atoms with E-state index in [1.54, 1.807) is 0 Å². The molecule has 2 unspecified atom stereocenters. The molecule has 2 saturated heterocycles. The molecule has 0 bridgehead atoms. The second-order valence-corrected chi connectivity index (χ2v) is 5.33. The molecule has 0 aliphatic carbocycles. The quantitative estimate of drug-likeness (QED) is 0.766. The standard InChI is InChI=1S/C12H25BN3.C2H6/c1-14-10-11-9-13-4-3-12(11)16-7-5-15(2)6-8-16;1-2/h11-12,14H,3-10H2,1-2H3;1-2H3. The molecule has 1 N–H and O–H groups in total. The minimum Gasteiger partial charge on any atom is -0.319 e. The number of piperazine rings is 1. The number of nitrogens with one attached hydrogen (secondary N) is 1. The molecule has 2 heterocycles. The van der Waals surface area contributed by atoms with Gasteiger partial charge in [0.15, 0.2) is 0 Å². The van der Waals surface area contributed by atoms with Gasteiger partial charge in [0.05, 0.1) is 0 Å². The van der Waals surface area contributed by atoms with Gasteiger partial charge in [0.1, 0.15) is 7.28 Å². The van der Waals surface area contributed by atoms with Crippen LogP contribution in [0.5, 0.6) is 0 Å². The average Bonchev–Trinajstić information content (AvgIpc) is 2.43. The van der Waals surface area contributed by atoms with Crippen LogP contribution in [0, 0.1) is 5.92 Å². The lowest BCUT2D eigenvalue weighted by molar-refractivity contribution is 0.0792. The third kappa shape index (κ3) is 4.56. The van der Waals surface area contributed by atoms with Crippen molar-refractivity contribution in [2.75, 3.05) is 46.8 Å². The Morgan fingerprint density at radius 3 is 2.44 bits per heavy atom. The number of hydrogen-bond donors (Lipinski definition) is 1. The van der Waals surface area contributed by atoms with Gasteiger partial charge in [-0.25, -0.2) is 0 Å². The van der Waals surface area contributed by atoms with Gasteiger partial charge in [-0.1, -0.05) is 26.5 Å². The van der Waals surface area contributed by atoms with E-state index in [-0.39, 0.29) is 0 Å². The van der Waals surface area contributed by atoms with E-state index in [2.05, 4.69) is 36.5 Å². The minimum absolute atomic E-state index is 0.825. The second-order valence-electron chi connectivity index (χ2n) is 5.33. The Morgan fingerprint density at radius 2 is 1.83 bits per heavy atom. The Labute approximate surface area is 115 Å². The highest BCUT2D eigenvalue weighted by molar-refractivity contribution is 6.35. The van der Waals surface area contributed by atoms with E-state index in [4.69, 9.17) is 0 Å². The largest absolute Gasteiger partial charge is 0.319 e. The molecule has 1 radical (unpaired) electrons. The Balaban J connectivity index is 0.000000771. The third-order valence-corrected chi connectivity index (χ3v) is 4.15. The van der Waals surface area contributed by atoms with Gasteiger partial charge >= 0.3 is 0 Å². The smallest absolute Gasteiger partial charge is 0.110 e. The van der Waals surface area contributed by atoms with Gasteiger partial charge < -0.3 is 10.2 Å². The van der Waals surface area contributed by atoms with Gasteiger partial charge in [-0.2, -0.15) is 0 Å². The summed E-state index contributed by atoms with van der Waals surface area (Å²) < 4.78 is 0. The maximum atomic E-state index is 3.36. The summed E-state index contributed by atoms with van der Waals surface area (Å²) in [6.45, 7) is 10.2. The Morgan fingerprint density at radius 1 is 1.17 bits per heavy atom. The molecule has 4 heteroatoms. The van der Waals surface area contributed by atoms with Crippen LogP contribution in [0.1, 0.15) is 20.3 Å². The van der Waals surface area contributed by atoms with Crippen LogP contribution in [-0.2, 0) is 0 Å². The SMILES string of the molecule is CC.CNCC1C[B]CCC1N1CCN(C)CC1. The predicted molar refractivity (Wildman–Crippen MR) is 81.6 cm³/mol. The first kappa shape index (κ1) is 16.0. The van der Waals surface area contributed by atoms with Gasteiger partial charge in [0.2, 0.25) is 0 Å². The monoisotopic (exact) mass is 252 g/mol. The van der Waals surface area contributed by atoms with Crippen LogP contribution in [-0.4, -0.2) is 69.9 Å². The molecule has 2 aliphatic heterocycles. The number of likely N-dealkylation sites (N-methyl/N-ethyl adjacent to an activating group) is 1. The number of nitrogens with zero attached hydrogens (tertiary/aromatic N) is 2. The van der Waals surface area contributed by atoms with Crippen molar-refractivity contribution in [2.45, 2.75) is 39.0 Å². The molecule has 18 heavy (non-hydrogen) atoms. The van der Waals surface area contributed by atoms with Crippen molar-refractivity contribution in [2.24, 2.45) is 5.92 Å². The van der Waals surface area contributed by atoms with Crippen molar-refractivity contribution in [1.82, 2.24) is 15.1 Å². The average molecular weight is 252 g/mol. The zero-order valence-electron chi connectivity index (χ0n) is 12.8. The zero-order chi connectivity index (χ0) is 13.4. The van der Waals surface area contributed by atoms with E-state index in [1.165, 1.54) is 51.8 Å². The van der Waals surface area contributed by atoms with E-state index in [1.807, 2.05) is 13.8 Å². The fourth-order valence-corrected chi connectivity index (χ4v) is 3.13. The van der Waals surface area contributed by atoms with Crippen LogP contribution >= 0.6 is 0 Å². The molecule has 0 aromatic heterocycles. The first-order chi connectivity index (χ1) is 8.81. The highest BCUT2D eigenvalue weighted by Gasteiger charge is 2.30. The van der Waals surface area contributed by atoms with E-state index >= 15 is 0 Å². The molecule has 2 fully saturated rings. The highest BCUT2D eigenvalue weighted by Crippen LogP contribution is 2.26. The lowest BCUT2D eigenvalue weighted by atomic mass is 9.58. The van der Waals surface area contributed by atoms with Crippen molar-refractivity contribution in [3.05, 3.63) is 0 Å². The third-order valence-electron chi connectivity index (χ3n) is 4.15. The van der Waals surface area contributed by atoms with Crippen LogP contribution in [0.3, 0.4) is 0 Å². The predicted octanol–water partition coefficient (Wildman–Crippen LogP) is 1.41. The normalized spacial score (nSPS) is 30.2. The summed E-state index contributed by atoms with van der Waals surface area (Å²) in [6, 6.07) is 0.825. The Bertz CT molecular complexity index is 203. The molecule has 2 aliphatic rings. The van der Waals surface area contributed by atoms with E-state index in [9.17, 15) is 0 Å². The lowest BCUT2D eigenvalue weighted by Crippen LogP contribution is -2.53. The summed E-state index contributed by atoms with van der Waals surface area (Å²) in [5, 5.41) is 3.36. The van der Waals surface area contributed by atoms with Gasteiger partial charge in [0, 0.05) is 32.2 Å². The maximum Gasteiger partial charge on any atom is 0.110 e. The van der Waals surface area contributed by atoms with Crippen LogP contribution in [0.15, 0.2) is 0 Å². The maximum absolute atomic E-state index is 3.36. The number of hydrogen-bond acceptors (Lipinski definition) is 3.